The number of aliphatic hydroxyl groups is 1. The summed E-state index contributed by atoms with van der Waals surface area (Å²) >= 11 is 0. The highest BCUT2D eigenvalue weighted by atomic mass is 16.5. The van der Waals surface area contributed by atoms with E-state index in [-0.39, 0.29) is 12.2 Å². The van der Waals surface area contributed by atoms with Crippen LogP contribution < -0.4 is 9.47 Å². The van der Waals surface area contributed by atoms with E-state index in [9.17, 15) is 9.90 Å². The van der Waals surface area contributed by atoms with Gasteiger partial charge in [-0.15, -0.1) is 0 Å². The molecule has 0 aliphatic rings. The third kappa shape index (κ3) is 3.61. The zero-order valence-electron chi connectivity index (χ0n) is 12.1. The predicted octanol–water partition coefficient (Wildman–Crippen LogP) is 1.45. The molecule has 0 saturated carbocycles. The summed E-state index contributed by atoms with van der Waals surface area (Å²) in [4.78, 5) is 11.7. The third-order valence-electron chi connectivity index (χ3n) is 2.68. The zero-order chi connectivity index (χ0) is 15.1. The first-order valence-corrected chi connectivity index (χ1v) is 6.17. The van der Waals surface area contributed by atoms with Crippen LogP contribution in [0, 0.1) is 0 Å². The summed E-state index contributed by atoms with van der Waals surface area (Å²) < 4.78 is 20.3. The van der Waals surface area contributed by atoms with Crippen molar-refractivity contribution >= 4 is 5.97 Å². The molecule has 6 nitrogen and oxygen atoms in total. The summed E-state index contributed by atoms with van der Waals surface area (Å²) in [6.45, 7) is 2.18. The van der Waals surface area contributed by atoms with Crippen LogP contribution in [0.15, 0.2) is 12.1 Å². The number of carbonyl (C=O) groups is 1. The van der Waals surface area contributed by atoms with Crippen molar-refractivity contribution in [3.05, 3.63) is 23.3 Å². The van der Waals surface area contributed by atoms with Crippen molar-refractivity contribution in [2.75, 3.05) is 27.9 Å². The lowest BCUT2D eigenvalue weighted by Gasteiger charge is -2.18. The van der Waals surface area contributed by atoms with Gasteiger partial charge >= 0.3 is 5.97 Å². The molecule has 0 aliphatic heterocycles. The molecule has 0 aliphatic carbocycles. The van der Waals surface area contributed by atoms with E-state index in [1.54, 1.807) is 26.2 Å². The Morgan fingerprint density at radius 3 is 2.45 bits per heavy atom. The van der Waals surface area contributed by atoms with Gasteiger partial charge in [0.25, 0.3) is 0 Å². The van der Waals surface area contributed by atoms with Crippen LogP contribution in [0.3, 0.4) is 0 Å². The zero-order valence-corrected chi connectivity index (χ0v) is 12.1. The van der Waals surface area contributed by atoms with Gasteiger partial charge in [0, 0.05) is 12.7 Å². The molecule has 1 unspecified atom stereocenters. The second-order valence-corrected chi connectivity index (χ2v) is 4.01. The molecule has 6 heteroatoms. The van der Waals surface area contributed by atoms with Gasteiger partial charge in [0.2, 0.25) is 0 Å². The Hall–Kier alpha value is -1.79. The standard InChI is InChI=1S/C14H20O6/c1-5-20-14(16)12(15)10-6-9(8-17-2)7-11(18-3)13(10)19-4/h6-7,12,15H,5,8H2,1-4H3. The maximum atomic E-state index is 11.7. The topological polar surface area (TPSA) is 74.2 Å². The largest absolute Gasteiger partial charge is 0.493 e. The van der Waals surface area contributed by atoms with Crippen LogP contribution in [0.5, 0.6) is 11.5 Å². The highest BCUT2D eigenvalue weighted by Crippen LogP contribution is 2.36. The Morgan fingerprint density at radius 2 is 1.95 bits per heavy atom. The fraction of sp³-hybridized carbons (Fsp3) is 0.500. The smallest absolute Gasteiger partial charge is 0.339 e. The fourth-order valence-corrected chi connectivity index (χ4v) is 1.85. The molecule has 0 heterocycles. The first-order valence-electron chi connectivity index (χ1n) is 6.17. The maximum Gasteiger partial charge on any atom is 0.339 e. The van der Waals surface area contributed by atoms with E-state index in [2.05, 4.69) is 0 Å². The quantitative estimate of drug-likeness (QED) is 0.764. The van der Waals surface area contributed by atoms with Gasteiger partial charge in [-0.2, -0.15) is 0 Å². The second-order valence-electron chi connectivity index (χ2n) is 4.01. The normalized spacial score (nSPS) is 11.8. The molecule has 1 atom stereocenters. The highest BCUT2D eigenvalue weighted by molar-refractivity contribution is 5.78. The van der Waals surface area contributed by atoms with Crippen LogP contribution in [0.1, 0.15) is 24.2 Å². The van der Waals surface area contributed by atoms with E-state index >= 15 is 0 Å². The summed E-state index contributed by atoms with van der Waals surface area (Å²) in [7, 11) is 4.47. The summed E-state index contributed by atoms with van der Waals surface area (Å²) in [5.74, 6) is -0.0178. The SMILES string of the molecule is CCOC(=O)C(O)c1cc(COC)cc(OC)c1OC. The molecule has 0 amide bonds. The lowest BCUT2D eigenvalue weighted by Crippen LogP contribution is -2.17. The molecule has 20 heavy (non-hydrogen) atoms. The van der Waals surface area contributed by atoms with Crippen molar-refractivity contribution < 1.29 is 28.8 Å². The fourth-order valence-electron chi connectivity index (χ4n) is 1.85. The van der Waals surface area contributed by atoms with Gasteiger partial charge in [0.1, 0.15) is 0 Å². The highest BCUT2D eigenvalue weighted by Gasteiger charge is 2.25. The van der Waals surface area contributed by atoms with Crippen molar-refractivity contribution in [2.24, 2.45) is 0 Å². The van der Waals surface area contributed by atoms with Gasteiger partial charge in [-0.05, 0) is 24.6 Å². The van der Waals surface area contributed by atoms with Crippen molar-refractivity contribution in [3.8, 4) is 11.5 Å². The van der Waals surface area contributed by atoms with E-state index in [1.165, 1.54) is 14.2 Å². The first kappa shape index (κ1) is 16.3. The molecule has 0 spiro atoms. The van der Waals surface area contributed by atoms with Crippen molar-refractivity contribution in [2.45, 2.75) is 19.6 Å². The minimum absolute atomic E-state index is 0.188. The van der Waals surface area contributed by atoms with Gasteiger partial charge in [0.05, 0.1) is 27.4 Å². The molecule has 112 valence electrons. The summed E-state index contributed by atoms with van der Waals surface area (Å²) in [5, 5.41) is 10.1. The molecule has 1 aromatic carbocycles. The van der Waals surface area contributed by atoms with E-state index < -0.39 is 12.1 Å². The molecule has 1 N–H and O–H groups in total. The number of hydrogen-bond donors (Lipinski definition) is 1. The minimum atomic E-state index is -1.43. The lowest BCUT2D eigenvalue weighted by atomic mass is 10.0. The number of benzene rings is 1. The average molecular weight is 284 g/mol. The monoisotopic (exact) mass is 284 g/mol. The number of hydrogen-bond acceptors (Lipinski definition) is 6. The van der Waals surface area contributed by atoms with Gasteiger partial charge in [-0.1, -0.05) is 0 Å². The molecule has 0 bridgehead atoms. The number of carbonyl (C=O) groups excluding carboxylic acids is 1. The minimum Gasteiger partial charge on any atom is -0.493 e. The average Bonchev–Trinajstić information content (AvgIpc) is 2.46. The van der Waals surface area contributed by atoms with E-state index in [4.69, 9.17) is 18.9 Å². The van der Waals surface area contributed by atoms with Gasteiger partial charge < -0.3 is 24.1 Å². The van der Waals surface area contributed by atoms with Crippen LogP contribution >= 0.6 is 0 Å². The van der Waals surface area contributed by atoms with Gasteiger partial charge in [0.15, 0.2) is 17.6 Å². The Kier molecular flexibility index (Phi) is 6.27. The molecule has 0 fully saturated rings. The van der Waals surface area contributed by atoms with Crippen molar-refractivity contribution in [1.82, 2.24) is 0 Å². The lowest BCUT2D eigenvalue weighted by molar-refractivity contribution is -0.153. The summed E-state index contributed by atoms with van der Waals surface area (Å²) in [6.07, 6.45) is -1.43. The number of methoxy groups -OCH3 is 3. The second kappa shape index (κ2) is 7.72. The van der Waals surface area contributed by atoms with Crippen LogP contribution in [-0.2, 0) is 20.9 Å². The van der Waals surface area contributed by atoms with Gasteiger partial charge in [-0.25, -0.2) is 4.79 Å². The van der Waals surface area contributed by atoms with Crippen molar-refractivity contribution in [3.63, 3.8) is 0 Å². The number of rotatable bonds is 7. The molecule has 0 radical (unpaired) electrons. The number of esters is 1. The van der Waals surface area contributed by atoms with Crippen LogP contribution in [0.25, 0.3) is 0 Å². The first-order chi connectivity index (χ1) is 9.58. The predicted molar refractivity (Wildman–Crippen MR) is 71.9 cm³/mol. The maximum absolute atomic E-state index is 11.7. The third-order valence-corrected chi connectivity index (χ3v) is 2.68. The Morgan fingerprint density at radius 1 is 1.25 bits per heavy atom. The Balaban J connectivity index is 3.26. The summed E-state index contributed by atoms with van der Waals surface area (Å²) in [5.41, 5.74) is 1.04. The Labute approximate surface area is 118 Å². The molecular weight excluding hydrogens is 264 g/mol. The molecule has 0 saturated heterocycles. The van der Waals surface area contributed by atoms with Crippen molar-refractivity contribution in [1.29, 1.82) is 0 Å². The van der Waals surface area contributed by atoms with Crippen LogP contribution in [0.4, 0.5) is 0 Å². The van der Waals surface area contributed by atoms with E-state index in [0.29, 0.717) is 18.1 Å². The molecular formula is C14H20O6. The molecule has 1 aromatic rings. The Bertz CT molecular complexity index is 457. The van der Waals surface area contributed by atoms with Gasteiger partial charge in [-0.3, -0.25) is 0 Å². The van der Waals surface area contributed by atoms with Crippen LogP contribution in [0.2, 0.25) is 0 Å². The van der Waals surface area contributed by atoms with E-state index in [0.717, 1.165) is 5.56 Å². The molecule has 0 aromatic heterocycles. The number of aliphatic hydroxyl groups excluding tert-OH is 1. The summed E-state index contributed by atoms with van der Waals surface area (Å²) in [6, 6.07) is 3.36. The van der Waals surface area contributed by atoms with Crippen LogP contribution in [-0.4, -0.2) is 39.0 Å². The molecule has 1 rings (SSSR count). The number of ether oxygens (including phenoxy) is 4. The van der Waals surface area contributed by atoms with E-state index in [1.807, 2.05) is 0 Å².